The van der Waals surface area contributed by atoms with Gasteiger partial charge < -0.3 is 19.5 Å². The van der Waals surface area contributed by atoms with Gasteiger partial charge in [-0.25, -0.2) is 4.79 Å². The van der Waals surface area contributed by atoms with Gasteiger partial charge in [-0.15, -0.1) is 0 Å². The van der Waals surface area contributed by atoms with E-state index in [-0.39, 0.29) is 45.7 Å². The van der Waals surface area contributed by atoms with Crippen LogP contribution in [0.3, 0.4) is 0 Å². The number of allylic oxidation sites excluding steroid dienone is 1. The summed E-state index contributed by atoms with van der Waals surface area (Å²) in [6, 6.07) is 7.61. The van der Waals surface area contributed by atoms with Gasteiger partial charge in [0.25, 0.3) is 0 Å². The number of hydrogen-bond acceptors (Lipinski definition) is 5. The predicted molar refractivity (Wildman–Crippen MR) is 209 cm³/mol. The maximum atomic E-state index is 13.8. The fourth-order valence-electron chi connectivity index (χ4n) is 13.3. The third-order valence-electron chi connectivity index (χ3n) is 15.9. The molecular formula is C45H68ClNO5. The van der Waals surface area contributed by atoms with Gasteiger partial charge in [-0.3, -0.25) is 4.79 Å². The Kier molecular flexibility index (Phi) is 10.4. The van der Waals surface area contributed by atoms with E-state index in [0.29, 0.717) is 35.2 Å². The third-order valence-corrected chi connectivity index (χ3v) is 16.2. The summed E-state index contributed by atoms with van der Waals surface area (Å²) < 4.78 is 11.9. The zero-order valence-electron chi connectivity index (χ0n) is 34.2. The van der Waals surface area contributed by atoms with Gasteiger partial charge in [-0.1, -0.05) is 83.3 Å². The number of hydrogen-bond donors (Lipinski definition) is 1. The van der Waals surface area contributed by atoms with E-state index >= 15 is 0 Å². The van der Waals surface area contributed by atoms with Crippen LogP contribution >= 0.6 is 11.6 Å². The van der Waals surface area contributed by atoms with Gasteiger partial charge in [0, 0.05) is 29.3 Å². The largest absolute Gasteiger partial charge is 0.462 e. The van der Waals surface area contributed by atoms with Gasteiger partial charge in [-0.2, -0.15) is 0 Å². The summed E-state index contributed by atoms with van der Waals surface area (Å²) in [5.41, 5.74) is 3.47. The van der Waals surface area contributed by atoms with Gasteiger partial charge in [0.05, 0.1) is 12.6 Å². The van der Waals surface area contributed by atoms with Crippen LogP contribution in [-0.2, 0) is 20.8 Å². The van der Waals surface area contributed by atoms with Crippen LogP contribution in [0.15, 0.2) is 35.4 Å². The van der Waals surface area contributed by atoms with Crippen LogP contribution < -0.4 is 0 Å². The SMILES string of the molecule is CC(=O)OC1CCC2(C)C(CCC3(C)C2CCC2C4=C(C(C)C)CCC4(C(O)CN(Cc4ccc(Cl)cc4)C(=O)OC(C)(C)C)CCC23C)C1(C)C. The number of nitrogens with zero attached hydrogens (tertiary/aromatic N) is 1. The Morgan fingerprint density at radius 1 is 0.904 bits per heavy atom. The van der Waals surface area contributed by atoms with Crippen molar-refractivity contribution in [2.45, 2.75) is 165 Å². The topological polar surface area (TPSA) is 76.1 Å². The molecule has 0 aliphatic heterocycles. The van der Waals surface area contributed by atoms with Crippen LogP contribution in [0.2, 0.25) is 5.02 Å². The third kappa shape index (κ3) is 6.46. The molecule has 4 fully saturated rings. The molecule has 1 N–H and O–H groups in total. The molecule has 0 saturated heterocycles. The van der Waals surface area contributed by atoms with E-state index in [9.17, 15) is 14.7 Å². The highest BCUT2D eigenvalue weighted by Crippen LogP contribution is 2.77. The highest BCUT2D eigenvalue weighted by atomic mass is 35.5. The number of ether oxygens (including phenoxy) is 2. The lowest BCUT2D eigenvalue weighted by Gasteiger charge is -2.72. The minimum absolute atomic E-state index is 0.0201. The molecule has 9 atom stereocenters. The lowest BCUT2D eigenvalue weighted by Crippen LogP contribution is -2.66. The smallest absolute Gasteiger partial charge is 0.410 e. The van der Waals surface area contributed by atoms with Gasteiger partial charge in [0.2, 0.25) is 0 Å². The lowest BCUT2D eigenvalue weighted by atomic mass is 9.33. The first-order chi connectivity index (χ1) is 24.1. The molecule has 9 unspecified atom stereocenters. The van der Waals surface area contributed by atoms with Crippen molar-refractivity contribution in [3.63, 3.8) is 0 Å². The highest BCUT2D eigenvalue weighted by molar-refractivity contribution is 6.30. The first-order valence-corrected chi connectivity index (χ1v) is 20.8. The van der Waals surface area contributed by atoms with Crippen LogP contribution in [0, 0.1) is 50.7 Å². The average Bonchev–Trinajstić information content (AvgIpc) is 3.44. The van der Waals surface area contributed by atoms with Crippen LogP contribution in [0.5, 0.6) is 0 Å². The van der Waals surface area contributed by atoms with E-state index in [2.05, 4.69) is 48.5 Å². The van der Waals surface area contributed by atoms with Crippen molar-refractivity contribution in [3.05, 3.63) is 46.0 Å². The van der Waals surface area contributed by atoms with Crippen molar-refractivity contribution in [2.24, 2.45) is 50.7 Å². The number of esters is 1. The van der Waals surface area contributed by atoms with Crippen molar-refractivity contribution in [1.82, 2.24) is 4.90 Å². The highest BCUT2D eigenvalue weighted by Gasteiger charge is 2.70. The molecule has 5 aliphatic rings. The molecule has 290 valence electrons. The second-order valence-corrected chi connectivity index (χ2v) is 20.8. The molecule has 1 amide bonds. The Bertz CT molecular complexity index is 1560. The van der Waals surface area contributed by atoms with Crippen molar-refractivity contribution >= 4 is 23.7 Å². The summed E-state index contributed by atoms with van der Waals surface area (Å²) in [7, 11) is 0. The number of aliphatic hydroxyl groups excluding tert-OH is 1. The fraction of sp³-hybridized carbons (Fsp3) is 0.778. The van der Waals surface area contributed by atoms with Gasteiger partial charge >= 0.3 is 12.1 Å². The molecule has 7 heteroatoms. The molecule has 0 bridgehead atoms. The number of amides is 1. The zero-order valence-corrected chi connectivity index (χ0v) is 34.9. The maximum absolute atomic E-state index is 13.8. The number of carbonyl (C=O) groups is 2. The predicted octanol–water partition coefficient (Wildman–Crippen LogP) is 11.2. The van der Waals surface area contributed by atoms with Crippen molar-refractivity contribution in [2.75, 3.05) is 6.54 Å². The fourth-order valence-corrected chi connectivity index (χ4v) is 13.5. The maximum Gasteiger partial charge on any atom is 0.410 e. The summed E-state index contributed by atoms with van der Waals surface area (Å²) >= 11 is 6.21. The van der Waals surface area contributed by atoms with Crippen LogP contribution in [0.25, 0.3) is 0 Å². The van der Waals surface area contributed by atoms with E-state index in [1.54, 1.807) is 23.0 Å². The summed E-state index contributed by atoms with van der Waals surface area (Å²) in [6.45, 7) is 25.1. The molecular weight excluding hydrogens is 670 g/mol. The summed E-state index contributed by atoms with van der Waals surface area (Å²) in [6.07, 6.45) is 9.62. The van der Waals surface area contributed by atoms with Crippen molar-refractivity contribution < 1.29 is 24.2 Å². The molecule has 1 aromatic rings. The molecule has 0 aromatic heterocycles. The van der Waals surface area contributed by atoms with E-state index < -0.39 is 17.8 Å². The standard InChI is InChI=1S/C45H68ClNO5/c1-28(2)32-18-23-45(36(49)27-47(39(50)52-40(4,5)6)26-30-12-14-31(46)15-13-30)25-24-43(10)33(38(32)45)16-17-35-42(9)21-20-37(51-29(3)48)41(7,8)34(42)19-22-44(35,43)11/h12-15,28,33-37,49H,16-27H2,1-11H3. The molecule has 52 heavy (non-hydrogen) atoms. The second-order valence-electron chi connectivity index (χ2n) is 20.3. The van der Waals surface area contributed by atoms with Gasteiger partial charge in [0.15, 0.2) is 0 Å². The Morgan fingerprint density at radius 2 is 1.58 bits per heavy atom. The molecule has 6 nitrogen and oxygen atoms in total. The Balaban J connectivity index is 1.33. The number of aliphatic hydroxyl groups is 1. The van der Waals surface area contributed by atoms with E-state index in [1.807, 2.05) is 45.0 Å². The molecule has 0 spiro atoms. The number of carbonyl (C=O) groups excluding carboxylic acids is 2. The second kappa shape index (κ2) is 13.6. The first kappa shape index (κ1) is 39.6. The quantitative estimate of drug-likeness (QED) is 0.223. The van der Waals surface area contributed by atoms with Crippen LogP contribution in [0.4, 0.5) is 4.79 Å². The Labute approximate surface area is 319 Å². The number of fused-ring (bicyclic) bond motifs is 7. The normalized spacial score (nSPS) is 37.3. The molecule has 0 radical (unpaired) electrons. The number of benzene rings is 1. The first-order valence-electron chi connectivity index (χ1n) is 20.4. The minimum atomic E-state index is -0.695. The number of halogens is 1. The van der Waals surface area contributed by atoms with Crippen LogP contribution in [-0.4, -0.2) is 46.4 Å². The zero-order chi connectivity index (χ0) is 38.2. The number of rotatable bonds is 7. The van der Waals surface area contributed by atoms with E-state index in [1.165, 1.54) is 12.8 Å². The van der Waals surface area contributed by atoms with E-state index in [0.717, 1.165) is 56.9 Å². The van der Waals surface area contributed by atoms with Crippen molar-refractivity contribution in [1.29, 1.82) is 0 Å². The summed E-state index contributed by atoms with van der Waals surface area (Å²) in [5.74, 6) is 1.78. The van der Waals surface area contributed by atoms with Crippen LogP contribution in [0.1, 0.15) is 146 Å². The lowest BCUT2D eigenvalue weighted by molar-refractivity contribution is -0.234. The molecule has 4 saturated carbocycles. The van der Waals surface area contributed by atoms with Gasteiger partial charge in [-0.05, 0) is 143 Å². The monoisotopic (exact) mass is 737 g/mol. The molecule has 5 aliphatic carbocycles. The molecule has 6 rings (SSSR count). The molecule has 0 heterocycles. The minimum Gasteiger partial charge on any atom is -0.462 e. The Morgan fingerprint density at radius 3 is 2.19 bits per heavy atom. The van der Waals surface area contributed by atoms with E-state index in [4.69, 9.17) is 21.1 Å². The van der Waals surface area contributed by atoms with Crippen molar-refractivity contribution in [3.8, 4) is 0 Å². The van der Waals surface area contributed by atoms with Gasteiger partial charge in [0.1, 0.15) is 11.7 Å². The summed E-state index contributed by atoms with van der Waals surface area (Å²) in [5, 5.41) is 13.3. The molecule has 1 aromatic carbocycles. The summed E-state index contributed by atoms with van der Waals surface area (Å²) in [4.78, 5) is 27.6. The average molecular weight is 738 g/mol. The Hall–Kier alpha value is -2.05.